The van der Waals surface area contributed by atoms with Gasteiger partial charge in [-0.3, -0.25) is 4.79 Å². The first-order chi connectivity index (χ1) is 8.75. The molecule has 2 heterocycles. The van der Waals surface area contributed by atoms with Gasteiger partial charge in [-0.05, 0) is 51.2 Å². The maximum Gasteiger partial charge on any atom is 0.224 e. The number of likely N-dealkylation sites (tertiary alicyclic amines) is 1. The van der Waals surface area contributed by atoms with Gasteiger partial charge in [0.2, 0.25) is 5.91 Å². The molecule has 0 unspecified atom stereocenters. The van der Waals surface area contributed by atoms with Crippen molar-refractivity contribution in [3.8, 4) is 0 Å². The number of carbonyl (C=O) groups is 1. The molecule has 6 heteroatoms. The Kier molecular flexibility index (Phi) is 10.6. The molecule has 2 aliphatic heterocycles. The van der Waals surface area contributed by atoms with Crippen LogP contribution in [0, 0.1) is 11.8 Å². The lowest BCUT2D eigenvalue weighted by molar-refractivity contribution is -0.125. The number of piperidine rings is 2. The number of nitrogens with one attached hydrogen (secondary N) is 2. The van der Waals surface area contributed by atoms with Crippen molar-refractivity contribution < 1.29 is 4.79 Å². The van der Waals surface area contributed by atoms with Gasteiger partial charge in [0.05, 0.1) is 5.92 Å². The summed E-state index contributed by atoms with van der Waals surface area (Å²) in [6.07, 6.45) is 4.78. The van der Waals surface area contributed by atoms with Crippen LogP contribution in [-0.4, -0.2) is 50.1 Å². The van der Waals surface area contributed by atoms with Crippen LogP contribution in [0.5, 0.6) is 0 Å². The van der Waals surface area contributed by atoms with Crippen LogP contribution in [0.1, 0.15) is 32.6 Å². The Balaban J connectivity index is 0.00000180. The number of carbonyl (C=O) groups excluding carboxylic acids is 1. The SMILES string of the molecule is CC1CCN(CCNC(=O)[C@@H]2CCCNC2)CC1.Cl.Cl. The minimum absolute atomic E-state index is 0. The third kappa shape index (κ3) is 6.61. The van der Waals surface area contributed by atoms with Gasteiger partial charge in [0.1, 0.15) is 0 Å². The summed E-state index contributed by atoms with van der Waals surface area (Å²) in [5, 5.41) is 6.38. The van der Waals surface area contributed by atoms with Crippen molar-refractivity contribution in [1.29, 1.82) is 0 Å². The van der Waals surface area contributed by atoms with E-state index >= 15 is 0 Å². The normalized spacial score (nSPS) is 24.4. The van der Waals surface area contributed by atoms with Gasteiger partial charge < -0.3 is 15.5 Å². The van der Waals surface area contributed by atoms with Gasteiger partial charge in [0.25, 0.3) is 0 Å². The number of hydrogen-bond donors (Lipinski definition) is 2. The summed E-state index contributed by atoms with van der Waals surface area (Å²) >= 11 is 0. The first-order valence-corrected chi connectivity index (χ1v) is 7.46. The van der Waals surface area contributed by atoms with E-state index in [-0.39, 0.29) is 36.6 Å². The van der Waals surface area contributed by atoms with Crippen LogP contribution in [0.15, 0.2) is 0 Å². The zero-order valence-corrected chi connectivity index (χ0v) is 14.0. The van der Waals surface area contributed by atoms with E-state index in [0.717, 1.165) is 44.9 Å². The summed E-state index contributed by atoms with van der Waals surface area (Å²) in [6, 6.07) is 0. The lowest BCUT2D eigenvalue weighted by atomic mass is 9.98. The predicted octanol–water partition coefficient (Wildman–Crippen LogP) is 1.68. The molecule has 2 saturated heterocycles. The van der Waals surface area contributed by atoms with Gasteiger partial charge in [-0.25, -0.2) is 0 Å². The van der Waals surface area contributed by atoms with Crippen LogP contribution in [-0.2, 0) is 4.79 Å². The van der Waals surface area contributed by atoms with E-state index in [1.54, 1.807) is 0 Å². The van der Waals surface area contributed by atoms with E-state index < -0.39 is 0 Å². The van der Waals surface area contributed by atoms with Crippen LogP contribution in [0.3, 0.4) is 0 Å². The summed E-state index contributed by atoms with van der Waals surface area (Å²) < 4.78 is 0. The molecule has 0 aromatic rings. The second-order valence-corrected chi connectivity index (χ2v) is 5.86. The van der Waals surface area contributed by atoms with E-state index in [9.17, 15) is 4.79 Å². The van der Waals surface area contributed by atoms with Crippen LogP contribution in [0.2, 0.25) is 0 Å². The summed E-state index contributed by atoms with van der Waals surface area (Å²) in [7, 11) is 0. The highest BCUT2D eigenvalue weighted by molar-refractivity contribution is 5.85. The molecule has 0 aromatic carbocycles. The lowest BCUT2D eigenvalue weighted by Gasteiger charge is -2.30. The zero-order valence-electron chi connectivity index (χ0n) is 12.4. The molecule has 0 spiro atoms. The average Bonchev–Trinajstić information content (AvgIpc) is 2.42. The van der Waals surface area contributed by atoms with Crippen molar-refractivity contribution >= 4 is 30.7 Å². The van der Waals surface area contributed by atoms with E-state index in [2.05, 4.69) is 22.5 Å². The second-order valence-electron chi connectivity index (χ2n) is 5.86. The highest BCUT2D eigenvalue weighted by atomic mass is 35.5. The van der Waals surface area contributed by atoms with E-state index in [4.69, 9.17) is 0 Å². The molecule has 0 aliphatic carbocycles. The second kappa shape index (κ2) is 10.7. The molecule has 4 nitrogen and oxygen atoms in total. The van der Waals surface area contributed by atoms with Crippen molar-refractivity contribution in [2.45, 2.75) is 32.6 Å². The minimum Gasteiger partial charge on any atom is -0.355 e. The van der Waals surface area contributed by atoms with Crippen LogP contribution < -0.4 is 10.6 Å². The first-order valence-electron chi connectivity index (χ1n) is 7.46. The molecule has 120 valence electrons. The van der Waals surface area contributed by atoms with E-state index in [1.165, 1.54) is 25.9 Å². The Morgan fingerprint density at radius 1 is 1.25 bits per heavy atom. The highest BCUT2D eigenvalue weighted by Crippen LogP contribution is 2.15. The summed E-state index contributed by atoms with van der Waals surface area (Å²) in [5.41, 5.74) is 0. The Morgan fingerprint density at radius 2 is 1.95 bits per heavy atom. The maximum atomic E-state index is 11.9. The largest absolute Gasteiger partial charge is 0.355 e. The number of nitrogens with zero attached hydrogens (tertiary/aromatic N) is 1. The number of halogens is 2. The lowest BCUT2D eigenvalue weighted by Crippen LogP contribution is -2.44. The standard InChI is InChI=1S/C14H27N3O.2ClH/c1-12-4-8-17(9-5-12)10-7-16-14(18)13-3-2-6-15-11-13;;/h12-13,15H,2-11H2,1H3,(H,16,18);2*1H/t13-;;/m1../s1. The van der Waals surface area contributed by atoms with Gasteiger partial charge in [0.15, 0.2) is 0 Å². The zero-order chi connectivity index (χ0) is 12.8. The summed E-state index contributed by atoms with van der Waals surface area (Å²) in [6.45, 7) is 8.46. The maximum absolute atomic E-state index is 11.9. The van der Waals surface area contributed by atoms with Gasteiger partial charge in [-0.1, -0.05) is 6.92 Å². The molecule has 2 N–H and O–H groups in total. The van der Waals surface area contributed by atoms with Crippen molar-refractivity contribution in [1.82, 2.24) is 15.5 Å². The third-order valence-corrected chi connectivity index (χ3v) is 4.27. The molecule has 2 rings (SSSR count). The molecule has 2 fully saturated rings. The van der Waals surface area contributed by atoms with Crippen LogP contribution in [0.4, 0.5) is 0 Å². The molecule has 0 saturated carbocycles. The van der Waals surface area contributed by atoms with Crippen molar-refractivity contribution in [3.05, 3.63) is 0 Å². The Labute approximate surface area is 135 Å². The monoisotopic (exact) mass is 325 g/mol. The molecule has 2 aliphatic rings. The fourth-order valence-corrected chi connectivity index (χ4v) is 2.84. The molecule has 0 bridgehead atoms. The molecule has 0 aromatic heterocycles. The van der Waals surface area contributed by atoms with Gasteiger partial charge in [-0.2, -0.15) is 0 Å². The molecule has 0 radical (unpaired) electrons. The van der Waals surface area contributed by atoms with Crippen LogP contribution in [0.25, 0.3) is 0 Å². The van der Waals surface area contributed by atoms with E-state index in [0.29, 0.717) is 0 Å². The first kappa shape index (κ1) is 20.0. The number of hydrogen-bond acceptors (Lipinski definition) is 3. The molecule has 20 heavy (non-hydrogen) atoms. The summed E-state index contributed by atoms with van der Waals surface area (Å²) in [5.74, 6) is 1.32. The van der Waals surface area contributed by atoms with Crippen molar-refractivity contribution in [2.24, 2.45) is 11.8 Å². The predicted molar refractivity (Wildman–Crippen MR) is 87.9 cm³/mol. The fraction of sp³-hybridized carbons (Fsp3) is 0.929. The molecule has 1 amide bonds. The summed E-state index contributed by atoms with van der Waals surface area (Å²) in [4.78, 5) is 14.4. The Morgan fingerprint density at radius 3 is 2.55 bits per heavy atom. The minimum atomic E-state index is 0. The van der Waals surface area contributed by atoms with Gasteiger partial charge in [-0.15, -0.1) is 24.8 Å². The van der Waals surface area contributed by atoms with E-state index in [1.807, 2.05) is 0 Å². The quantitative estimate of drug-likeness (QED) is 0.826. The molecular formula is C14H29Cl2N3O. The fourth-order valence-electron chi connectivity index (χ4n) is 2.84. The third-order valence-electron chi connectivity index (χ3n) is 4.27. The molecular weight excluding hydrogens is 297 g/mol. The van der Waals surface area contributed by atoms with Crippen molar-refractivity contribution in [2.75, 3.05) is 39.3 Å². The Hall–Kier alpha value is -0.0300. The number of rotatable bonds is 4. The van der Waals surface area contributed by atoms with Crippen LogP contribution >= 0.6 is 24.8 Å². The topological polar surface area (TPSA) is 44.4 Å². The number of amides is 1. The Bertz CT molecular complexity index is 265. The highest BCUT2D eigenvalue weighted by Gasteiger charge is 2.21. The smallest absolute Gasteiger partial charge is 0.224 e. The average molecular weight is 326 g/mol. The molecule has 1 atom stereocenters. The van der Waals surface area contributed by atoms with Crippen molar-refractivity contribution in [3.63, 3.8) is 0 Å². The van der Waals surface area contributed by atoms with Gasteiger partial charge in [0, 0.05) is 19.6 Å². The van der Waals surface area contributed by atoms with Gasteiger partial charge >= 0.3 is 0 Å².